The molecular formula is C19H16N4O3S. The molecule has 0 amide bonds. The van der Waals surface area contributed by atoms with E-state index in [9.17, 15) is 0 Å². The molecule has 0 atom stereocenters. The summed E-state index contributed by atoms with van der Waals surface area (Å²) in [6, 6.07) is 15.4. The summed E-state index contributed by atoms with van der Waals surface area (Å²) in [5.41, 5.74) is 2.87. The molecule has 27 heavy (non-hydrogen) atoms. The van der Waals surface area contributed by atoms with E-state index in [1.165, 1.54) is 11.8 Å². The van der Waals surface area contributed by atoms with Crippen LogP contribution >= 0.6 is 11.8 Å². The Labute approximate surface area is 159 Å². The van der Waals surface area contributed by atoms with Crippen molar-refractivity contribution in [3.05, 3.63) is 59.9 Å². The van der Waals surface area contributed by atoms with Crippen molar-refractivity contribution in [3.63, 3.8) is 0 Å². The highest BCUT2D eigenvalue weighted by Gasteiger charge is 2.13. The molecule has 0 aliphatic heterocycles. The molecule has 0 aliphatic carbocycles. The Kier molecular flexibility index (Phi) is 4.88. The second kappa shape index (κ2) is 7.63. The molecular weight excluding hydrogens is 364 g/mol. The predicted molar refractivity (Wildman–Crippen MR) is 100 cm³/mol. The number of ether oxygens (including phenoxy) is 1. The van der Waals surface area contributed by atoms with Crippen molar-refractivity contribution in [1.29, 1.82) is 0 Å². The summed E-state index contributed by atoms with van der Waals surface area (Å²) in [5.74, 6) is 2.77. The van der Waals surface area contributed by atoms with Gasteiger partial charge in [0.2, 0.25) is 5.89 Å². The first-order valence-corrected chi connectivity index (χ1v) is 9.20. The van der Waals surface area contributed by atoms with E-state index in [2.05, 4.69) is 20.3 Å². The lowest BCUT2D eigenvalue weighted by atomic mass is 10.1. The molecule has 0 radical (unpaired) electrons. The van der Waals surface area contributed by atoms with Crippen LogP contribution in [-0.2, 0) is 5.75 Å². The molecule has 0 spiro atoms. The molecule has 0 saturated carbocycles. The van der Waals surface area contributed by atoms with Gasteiger partial charge < -0.3 is 13.7 Å². The predicted octanol–water partition coefficient (Wildman–Crippen LogP) is 4.40. The molecule has 2 aromatic heterocycles. The zero-order valence-corrected chi connectivity index (χ0v) is 15.6. The monoisotopic (exact) mass is 380 g/mol. The molecule has 0 bridgehead atoms. The van der Waals surface area contributed by atoms with E-state index >= 15 is 0 Å². The summed E-state index contributed by atoms with van der Waals surface area (Å²) in [5, 5.41) is 12.6. The molecule has 0 aliphatic rings. The molecule has 0 fully saturated rings. The van der Waals surface area contributed by atoms with Crippen LogP contribution in [0.2, 0.25) is 0 Å². The van der Waals surface area contributed by atoms with E-state index in [1.807, 2.05) is 55.5 Å². The Morgan fingerprint density at radius 1 is 1.00 bits per heavy atom. The summed E-state index contributed by atoms with van der Waals surface area (Å²) in [7, 11) is 1.62. The average molecular weight is 380 g/mol. The van der Waals surface area contributed by atoms with E-state index in [1.54, 1.807) is 7.11 Å². The van der Waals surface area contributed by atoms with Crippen molar-refractivity contribution < 1.29 is 13.7 Å². The number of thioether (sulfide) groups is 1. The standard InChI is InChI=1S/C19H16N4O3S/c1-12-4-3-5-14(10-12)17-20-16(23-26-17)11-27-19-22-21-18(25-19)13-6-8-15(24-2)9-7-13/h3-10H,11H2,1-2H3. The van der Waals surface area contributed by atoms with E-state index in [0.717, 1.165) is 22.4 Å². The van der Waals surface area contributed by atoms with Gasteiger partial charge in [-0.2, -0.15) is 4.98 Å². The van der Waals surface area contributed by atoms with Gasteiger partial charge in [0.1, 0.15) is 5.75 Å². The van der Waals surface area contributed by atoms with Gasteiger partial charge in [0.25, 0.3) is 11.1 Å². The number of methoxy groups -OCH3 is 1. The van der Waals surface area contributed by atoms with Crippen molar-refractivity contribution in [3.8, 4) is 28.7 Å². The quantitative estimate of drug-likeness (QED) is 0.455. The number of aromatic nitrogens is 4. The first-order valence-electron chi connectivity index (χ1n) is 8.21. The Bertz CT molecular complexity index is 1040. The van der Waals surface area contributed by atoms with Gasteiger partial charge in [0, 0.05) is 11.1 Å². The van der Waals surface area contributed by atoms with E-state index < -0.39 is 0 Å². The highest BCUT2D eigenvalue weighted by atomic mass is 32.2. The number of hydrogen-bond acceptors (Lipinski definition) is 8. The van der Waals surface area contributed by atoms with Gasteiger partial charge in [-0.1, -0.05) is 34.6 Å². The molecule has 136 valence electrons. The Hall–Kier alpha value is -3.13. The molecule has 0 N–H and O–H groups in total. The third-order valence-electron chi connectivity index (χ3n) is 3.80. The fourth-order valence-corrected chi connectivity index (χ4v) is 3.06. The minimum Gasteiger partial charge on any atom is -0.497 e. The minimum absolute atomic E-state index is 0.447. The van der Waals surface area contributed by atoms with E-state index in [4.69, 9.17) is 13.7 Å². The fraction of sp³-hybridized carbons (Fsp3) is 0.158. The van der Waals surface area contributed by atoms with Crippen LogP contribution in [0.5, 0.6) is 5.75 Å². The second-order valence-corrected chi connectivity index (χ2v) is 6.70. The van der Waals surface area contributed by atoms with Gasteiger partial charge in [-0.3, -0.25) is 0 Å². The van der Waals surface area contributed by atoms with Gasteiger partial charge >= 0.3 is 0 Å². The van der Waals surface area contributed by atoms with Crippen molar-refractivity contribution in [2.45, 2.75) is 17.9 Å². The van der Waals surface area contributed by atoms with Crippen LogP contribution in [0.3, 0.4) is 0 Å². The lowest BCUT2D eigenvalue weighted by molar-refractivity contribution is 0.414. The van der Waals surface area contributed by atoms with Crippen molar-refractivity contribution in [2.75, 3.05) is 7.11 Å². The summed E-state index contributed by atoms with van der Waals surface area (Å²) >= 11 is 1.36. The fourth-order valence-electron chi connectivity index (χ4n) is 2.45. The first kappa shape index (κ1) is 17.3. The summed E-state index contributed by atoms with van der Waals surface area (Å²) in [6.45, 7) is 2.02. The smallest absolute Gasteiger partial charge is 0.277 e. The molecule has 7 nitrogen and oxygen atoms in total. The number of benzene rings is 2. The third kappa shape index (κ3) is 4.01. The molecule has 8 heteroatoms. The SMILES string of the molecule is COc1ccc(-c2nnc(SCc3noc(-c4cccc(C)c4)n3)o2)cc1. The lowest BCUT2D eigenvalue weighted by Crippen LogP contribution is -1.84. The van der Waals surface area contributed by atoms with Crippen LogP contribution < -0.4 is 4.74 Å². The molecule has 2 heterocycles. The third-order valence-corrected chi connectivity index (χ3v) is 4.62. The molecule has 0 unspecified atom stereocenters. The van der Waals surface area contributed by atoms with Crippen LogP contribution in [0.15, 0.2) is 62.7 Å². The first-order chi connectivity index (χ1) is 13.2. The van der Waals surface area contributed by atoms with E-state index in [0.29, 0.717) is 28.6 Å². The largest absolute Gasteiger partial charge is 0.497 e. The van der Waals surface area contributed by atoms with Crippen LogP contribution in [0, 0.1) is 6.92 Å². The maximum atomic E-state index is 5.69. The van der Waals surface area contributed by atoms with Crippen LogP contribution in [-0.4, -0.2) is 27.4 Å². The highest BCUT2D eigenvalue weighted by molar-refractivity contribution is 7.98. The zero-order valence-electron chi connectivity index (χ0n) is 14.7. The summed E-state index contributed by atoms with van der Waals surface area (Å²) in [4.78, 5) is 4.42. The Morgan fingerprint density at radius 2 is 1.85 bits per heavy atom. The minimum atomic E-state index is 0.447. The van der Waals surface area contributed by atoms with Gasteiger partial charge in [0.05, 0.1) is 12.9 Å². The van der Waals surface area contributed by atoms with Crippen molar-refractivity contribution >= 4 is 11.8 Å². The summed E-state index contributed by atoms with van der Waals surface area (Å²) in [6.07, 6.45) is 0. The maximum absolute atomic E-state index is 5.69. The molecule has 4 rings (SSSR count). The number of nitrogens with zero attached hydrogens (tertiary/aromatic N) is 4. The van der Waals surface area contributed by atoms with Crippen molar-refractivity contribution in [2.24, 2.45) is 0 Å². The Morgan fingerprint density at radius 3 is 2.63 bits per heavy atom. The van der Waals surface area contributed by atoms with Crippen LogP contribution in [0.25, 0.3) is 22.9 Å². The maximum Gasteiger partial charge on any atom is 0.277 e. The second-order valence-electron chi connectivity index (χ2n) is 5.78. The number of hydrogen-bond donors (Lipinski definition) is 0. The molecule has 0 saturated heterocycles. The summed E-state index contributed by atoms with van der Waals surface area (Å²) < 4.78 is 16.2. The van der Waals surface area contributed by atoms with Gasteiger partial charge in [-0.25, -0.2) is 0 Å². The number of rotatable bonds is 6. The normalized spacial score (nSPS) is 10.9. The van der Waals surface area contributed by atoms with Crippen LogP contribution in [0.1, 0.15) is 11.4 Å². The van der Waals surface area contributed by atoms with Gasteiger partial charge in [0.15, 0.2) is 5.82 Å². The van der Waals surface area contributed by atoms with E-state index in [-0.39, 0.29) is 0 Å². The Balaban J connectivity index is 1.41. The molecule has 2 aromatic carbocycles. The van der Waals surface area contributed by atoms with Crippen molar-refractivity contribution in [1.82, 2.24) is 20.3 Å². The van der Waals surface area contributed by atoms with Gasteiger partial charge in [-0.15, -0.1) is 10.2 Å². The zero-order chi connectivity index (χ0) is 18.6. The highest BCUT2D eigenvalue weighted by Crippen LogP contribution is 2.27. The molecule has 4 aromatic rings. The number of aryl methyl sites for hydroxylation is 1. The average Bonchev–Trinajstić information content (AvgIpc) is 3.36. The topological polar surface area (TPSA) is 87.1 Å². The van der Waals surface area contributed by atoms with Gasteiger partial charge in [-0.05, 0) is 43.3 Å². The lowest BCUT2D eigenvalue weighted by Gasteiger charge is -1.99. The van der Waals surface area contributed by atoms with Crippen LogP contribution in [0.4, 0.5) is 0 Å².